The molecule has 1 fully saturated rings. The lowest BCUT2D eigenvalue weighted by Crippen LogP contribution is -2.48. The van der Waals surface area contributed by atoms with Crippen LogP contribution in [0.25, 0.3) is 10.9 Å². The molecule has 0 unspecified atom stereocenters. The number of hydrogen-bond donors (Lipinski definition) is 0. The molecule has 0 N–H and O–H groups in total. The minimum Gasteiger partial charge on any atom is -0.368 e. The van der Waals surface area contributed by atoms with Crippen LogP contribution in [0.1, 0.15) is 36.0 Å². The molecule has 8 heteroatoms. The second-order valence-electron chi connectivity index (χ2n) is 7.33. The summed E-state index contributed by atoms with van der Waals surface area (Å²) in [5.74, 6) is 0.493. The quantitative estimate of drug-likeness (QED) is 0.692. The van der Waals surface area contributed by atoms with Gasteiger partial charge < -0.3 is 14.3 Å². The molecule has 0 atom stereocenters. The molecule has 2 aromatic heterocycles. The maximum absolute atomic E-state index is 12.6. The van der Waals surface area contributed by atoms with E-state index in [-0.39, 0.29) is 17.5 Å². The van der Waals surface area contributed by atoms with Crippen LogP contribution >= 0.6 is 0 Å². The SMILES string of the molecule is Cc1oncc1C(=O)N1CCN(c2ccc3c(=O)n(C(C)C)cnc3c2)CC1. The lowest BCUT2D eigenvalue weighted by molar-refractivity contribution is 0.0745. The molecule has 1 aliphatic heterocycles. The molecule has 0 spiro atoms. The maximum Gasteiger partial charge on any atom is 0.261 e. The number of aryl methyl sites for hydroxylation is 1. The van der Waals surface area contributed by atoms with Gasteiger partial charge in [0.05, 0.1) is 23.4 Å². The van der Waals surface area contributed by atoms with Crippen LogP contribution in [0.4, 0.5) is 5.69 Å². The first-order valence-electron chi connectivity index (χ1n) is 9.42. The molecule has 0 bridgehead atoms. The van der Waals surface area contributed by atoms with Gasteiger partial charge in [-0.1, -0.05) is 5.16 Å². The van der Waals surface area contributed by atoms with Gasteiger partial charge in [-0.2, -0.15) is 0 Å². The first-order valence-corrected chi connectivity index (χ1v) is 9.42. The number of amides is 1. The van der Waals surface area contributed by atoms with Crippen LogP contribution in [-0.2, 0) is 0 Å². The molecule has 0 radical (unpaired) electrons. The lowest BCUT2D eigenvalue weighted by atomic mass is 10.1. The summed E-state index contributed by atoms with van der Waals surface area (Å²) in [7, 11) is 0. The van der Waals surface area contributed by atoms with Gasteiger partial charge in [0.25, 0.3) is 11.5 Å². The predicted molar refractivity (Wildman–Crippen MR) is 106 cm³/mol. The average Bonchev–Trinajstić information content (AvgIpc) is 3.13. The Morgan fingerprint density at radius 1 is 1.18 bits per heavy atom. The van der Waals surface area contributed by atoms with Crippen LogP contribution in [0, 0.1) is 6.92 Å². The predicted octanol–water partition coefficient (Wildman–Crippen LogP) is 2.24. The van der Waals surface area contributed by atoms with Crippen LogP contribution < -0.4 is 10.5 Å². The van der Waals surface area contributed by atoms with Crippen molar-refractivity contribution in [3.8, 4) is 0 Å². The van der Waals surface area contributed by atoms with Gasteiger partial charge in [-0.3, -0.25) is 14.2 Å². The normalized spacial score (nSPS) is 14.9. The zero-order chi connectivity index (χ0) is 19.8. The number of benzene rings is 1. The van der Waals surface area contributed by atoms with E-state index in [0.717, 1.165) is 5.69 Å². The summed E-state index contributed by atoms with van der Waals surface area (Å²) < 4.78 is 6.64. The van der Waals surface area contributed by atoms with Gasteiger partial charge in [-0.05, 0) is 39.0 Å². The van der Waals surface area contributed by atoms with Crippen molar-refractivity contribution in [3.05, 3.63) is 52.4 Å². The van der Waals surface area contributed by atoms with Crippen LogP contribution in [-0.4, -0.2) is 51.7 Å². The molecule has 1 aliphatic rings. The molecule has 146 valence electrons. The minimum atomic E-state index is -0.0483. The first kappa shape index (κ1) is 18.2. The van der Waals surface area contributed by atoms with E-state index in [1.807, 2.05) is 36.9 Å². The molecule has 3 heterocycles. The molecule has 28 heavy (non-hydrogen) atoms. The highest BCUT2D eigenvalue weighted by Gasteiger charge is 2.25. The summed E-state index contributed by atoms with van der Waals surface area (Å²) >= 11 is 0. The van der Waals surface area contributed by atoms with Crippen molar-refractivity contribution in [2.45, 2.75) is 26.8 Å². The van der Waals surface area contributed by atoms with Crippen molar-refractivity contribution in [1.29, 1.82) is 0 Å². The summed E-state index contributed by atoms with van der Waals surface area (Å²) in [4.78, 5) is 33.6. The van der Waals surface area contributed by atoms with E-state index in [0.29, 0.717) is 48.4 Å². The van der Waals surface area contributed by atoms with Crippen molar-refractivity contribution >= 4 is 22.5 Å². The zero-order valence-corrected chi connectivity index (χ0v) is 16.3. The third-order valence-electron chi connectivity index (χ3n) is 5.24. The smallest absolute Gasteiger partial charge is 0.261 e. The highest BCUT2D eigenvalue weighted by atomic mass is 16.5. The number of piperazine rings is 1. The number of anilines is 1. The Morgan fingerprint density at radius 2 is 1.93 bits per heavy atom. The Hall–Kier alpha value is -3.16. The molecular weight excluding hydrogens is 358 g/mol. The third-order valence-corrected chi connectivity index (χ3v) is 5.24. The molecule has 0 aliphatic carbocycles. The molecule has 1 saturated heterocycles. The maximum atomic E-state index is 12.6. The highest BCUT2D eigenvalue weighted by molar-refractivity contribution is 5.95. The lowest BCUT2D eigenvalue weighted by Gasteiger charge is -2.36. The van der Waals surface area contributed by atoms with Crippen molar-refractivity contribution in [2.75, 3.05) is 31.1 Å². The largest absolute Gasteiger partial charge is 0.368 e. The van der Waals surface area contributed by atoms with Crippen molar-refractivity contribution < 1.29 is 9.32 Å². The topological polar surface area (TPSA) is 84.5 Å². The van der Waals surface area contributed by atoms with Gasteiger partial charge in [0.2, 0.25) is 0 Å². The van der Waals surface area contributed by atoms with E-state index in [1.54, 1.807) is 17.8 Å². The van der Waals surface area contributed by atoms with Gasteiger partial charge >= 0.3 is 0 Å². The fourth-order valence-corrected chi connectivity index (χ4v) is 3.53. The number of fused-ring (bicyclic) bond motifs is 1. The van der Waals surface area contributed by atoms with Gasteiger partial charge in [0.15, 0.2) is 0 Å². The van der Waals surface area contributed by atoms with E-state index >= 15 is 0 Å². The summed E-state index contributed by atoms with van der Waals surface area (Å²) in [6, 6.07) is 5.82. The molecule has 0 saturated carbocycles. The van der Waals surface area contributed by atoms with E-state index in [2.05, 4.69) is 15.0 Å². The van der Waals surface area contributed by atoms with Crippen LogP contribution in [0.5, 0.6) is 0 Å². The summed E-state index contributed by atoms with van der Waals surface area (Å²) in [5, 5.41) is 4.31. The summed E-state index contributed by atoms with van der Waals surface area (Å²) in [6.07, 6.45) is 3.08. The van der Waals surface area contributed by atoms with Crippen LogP contribution in [0.15, 0.2) is 40.0 Å². The number of carbonyl (C=O) groups is 1. The number of aromatic nitrogens is 3. The zero-order valence-electron chi connectivity index (χ0n) is 16.3. The standard InChI is InChI=1S/C20H23N5O3/c1-13(2)25-12-21-18-10-15(4-5-16(18)20(25)27)23-6-8-24(9-7-23)19(26)17-11-22-28-14(17)3/h4-5,10-13H,6-9H2,1-3H3. The van der Waals surface area contributed by atoms with Crippen molar-refractivity contribution in [3.63, 3.8) is 0 Å². The van der Waals surface area contributed by atoms with E-state index in [1.165, 1.54) is 6.20 Å². The Kier molecular flexibility index (Phi) is 4.62. The molecular formula is C20H23N5O3. The summed E-state index contributed by atoms with van der Waals surface area (Å²) in [5.41, 5.74) is 2.20. The van der Waals surface area contributed by atoms with Gasteiger partial charge in [0, 0.05) is 37.9 Å². The number of carbonyl (C=O) groups excluding carboxylic acids is 1. The molecule has 4 rings (SSSR count). The van der Waals surface area contributed by atoms with E-state index in [9.17, 15) is 9.59 Å². The van der Waals surface area contributed by atoms with Crippen LogP contribution in [0.2, 0.25) is 0 Å². The number of hydrogen-bond acceptors (Lipinski definition) is 6. The van der Waals surface area contributed by atoms with Gasteiger partial charge in [0.1, 0.15) is 11.3 Å². The number of nitrogens with zero attached hydrogens (tertiary/aromatic N) is 5. The fourth-order valence-electron chi connectivity index (χ4n) is 3.53. The second kappa shape index (κ2) is 7.10. The van der Waals surface area contributed by atoms with E-state index in [4.69, 9.17) is 4.52 Å². The minimum absolute atomic E-state index is 0.0222. The molecule has 1 amide bonds. The average molecular weight is 381 g/mol. The number of rotatable bonds is 3. The van der Waals surface area contributed by atoms with Crippen molar-refractivity contribution in [2.24, 2.45) is 0 Å². The Labute approximate surface area is 162 Å². The Morgan fingerprint density at radius 3 is 2.57 bits per heavy atom. The Bertz CT molecular complexity index is 1080. The fraction of sp³-hybridized carbons (Fsp3) is 0.400. The molecule has 3 aromatic rings. The molecule has 1 aromatic carbocycles. The highest BCUT2D eigenvalue weighted by Crippen LogP contribution is 2.21. The first-order chi connectivity index (χ1) is 13.5. The van der Waals surface area contributed by atoms with Gasteiger partial charge in [-0.15, -0.1) is 0 Å². The van der Waals surface area contributed by atoms with Gasteiger partial charge in [-0.25, -0.2) is 4.98 Å². The third kappa shape index (κ3) is 3.15. The monoisotopic (exact) mass is 381 g/mol. The second-order valence-corrected chi connectivity index (χ2v) is 7.33. The van der Waals surface area contributed by atoms with Crippen LogP contribution in [0.3, 0.4) is 0 Å². The van der Waals surface area contributed by atoms with E-state index < -0.39 is 0 Å². The van der Waals surface area contributed by atoms with Crippen molar-refractivity contribution in [1.82, 2.24) is 19.6 Å². The Balaban J connectivity index is 1.51. The summed E-state index contributed by atoms with van der Waals surface area (Å²) in [6.45, 7) is 8.32. The molecule has 8 nitrogen and oxygen atoms in total.